The first kappa shape index (κ1) is 16.3. The number of carbonyl (C=O) groups is 1. The first-order valence-corrected chi connectivity index (χ1v) is 8.32. The minimum Gasteiger partial charge on any atom is -0.371 e. The Balaban J connectivity index is 1.59. The number of benzene rings is 1. The van der Waals surface area contributed by atoms with Gasteiger partial charge >= 0.3 is 0 Å². The number of amides is 1. The molecule has 1 amide bonds. The molecule has 126 valence electrons. The largest absolute Gasteiger partial charge is 0.371 e. The summed E-state index contributed by atoms with van der Waals surface area (Å²) >= 11 is 0. The van der Waals surface area contributed by atoms with Gasteiger partial charge in [-0.3, -0.25) is 4.79 Å². The number of piperidine rings is 1. The van der Waals surface area contributed by atoms with Crippen LogP contribution in [0, 0.1) is 5.41 Å². The molecular formula is C18H26N2O3. The molecule has 3 rings (SSSR count). The highest BCUT2D eigenvalue weighted by molar-refractivity contribution is 5.94. The third kappa shape index (κ3) is 3.67. The second kappa shape index (κ2) is 6.13. The number of hydrogen-bond donors (Lipinski definition) is 1. The molecule has 1 aromatic carbocycles. The fourth-order valence-corrected chi connectivity index (χ4v) is 2.97. The zero-order valence-electron chi connectivity index (χ0n) is 14.2. The Bertz CT molecular complexity index is 547. The highest BCUT2D eigenvalue weighted by Gasteiger charge is 2.39. The van der Waals surface area contributed by atoms with E-state index >= 15 is 0 Å². The molecule has 5 heteroatoms. The van der Waals surface area contributed by atoms with Crippen LogP contribution in [-0.2, 0) is 14.3 Å². The molecule has 23 heavy (non-hydrogen) atoms. The van der Waals surface area contributed by atoms with Gasteiger partial charge in [0.05, 0.1) is 13.2 Å². The van der Waals surface area contributed by atoms with E-state index in [0.717, 1.165) is 31.6 Å². The van der Waals surface area contributed by atoms with Crippen molar-refractivity contribution in [3.8, 4) is 0 Å². The van der Waals surface area contributed by atoms with Gasteiger partial charge in [0, 0.05) is 42.7 Å². The van der Waals surface area contributed by atoms with Gasteiger partial charge in [0.2, 0.25) is 5.91 Å². The number of rotatable bonds is 2. The highest BCUT2D eigenvalue weighted by atomic mass is 16.7. The Hall–Kier alpha value is -1.59. The maximum absolute atomic E-state index is 12.0. The van der Waals surface area contributed by atoms with E-state index in [9.17, 15) is 4.79 Å². The van der Waals surface area contributed by atoms with Crippen molar-refractivity contribution in [2.24, 2.45) is 5.41 Å². The fraction of sp³-hybridized carbons (Fsp3) is 0.611. The fourth-order valence-electron chi connectivity index (χ4n) is 2.97. The number of nitrogens with zero attached hydrogens (tertiary/aromatic N) is 1. The molecular weight excluding hydrogens is 292 g/mol. The molecule has 2 heterocycles. The van der Waals surface area contributed by atoms with Crippen LogP contribution >= 0.6 is 0 Å². The number of hydrogen-bond acceptors (Lipinski definition) is 4. The van der Waals surface area contributed by atoms with Crippen LogP contribution in [0.15, 0.2) is 24.3 Å². The van der Waals surface area contributed by atoms with E-state index in [4.69, 9.17) is 9.47 Å². The van der Waals surface area contributed by atoms with Crippen molar-refractivity contribution in [1.29, 1.82) is 0 Å². The maximum atomic E-state index is 12.0. The van der Waals surface area contributed by atoms with Crippen LogP contribution in [0.4, 0.5) is 11.4 Å². The average Bonchev–Trinajstić information content (AvgIpc) is 2.96. The molecule has 0 bridgehead atoms. The van der Waals surface area contributed by atoms with E-state index in [1.165, 1.54) is 5.69 Å². The lowest BCUT2D eigenvalue weighted by Gasteiger charge is -2.38. The molecule has 0 saturated carbocycles. The summed E-state index contributed by atoms with van der Waals surface area (Å²) in [6.07, 6.45) is 1.80. The summed E-state index contributed by atoms with van der Waals surface area (Å²) in [5.74, 6) is -0.308. The van der Waals surface area contributed by atoms with E-state index in [0.29, 0.717) is 13.2 Å². The van der Waals surface area contributed by atoms with Crippen molar-refractivity contribution < 1.29 is 14.3 Å². The van der Waals surface area contributed by atoms with Crippen molar-refractivity contribution in [3.63, 3.8) is 0 Å². The highest BCUT2D eigenvalue weighted by Crippen LogP contribution is 2.33. The molecule has 5 nitrogen and oxygen atoms in total. The molecule has 2 saturated heterocycles. The smallest absolute Gasteiger partial charge is 0.229 e. The van der Waals surface area contributed by atoms with E-state index in [1.54, 1.807) is 0 Å². The predicted molar refractivity (Wildman–Crippen MR) is 90.6 cm³/mol. The van der Waals surface area contributed by atoms with Crippen LogP contribution in [0.25, 0.3) is 0 Å². The van der Waals surface area contributed by atoms with Gasteiger partial charge < -0.3 is 19.7 Å². The number of nitrogens with one attached hydrogen (secondary N) is 1. The van der Waals surface area contributed by atoms with Crippen LogP contribution < -0.4 is 10.2 Å². The molecule has 2 fully saturated rings. The third-order valence-electron chi connectivity index (χ3n) is 4.51. The van der Waals surface area contributed by atoms with Crippen molar-refractivity contribution in [2.45, 2.75) is 39.4 Å². The van der Waals surface area contributed by atoms with Crippen LogP contribution in [-0.4, -0.2) is 38.0 Å². The molecule has 1 N–H and O–H groups in total. The van der Waals surface area contributed by atoms with Crippen molar-refractivity contribution >= 4 is 17.3 Å². The molecule has 1 spiro atoms. The van der Waals surface area contributed by atoms with Crippen LogP contribution in [0.5, 0.6) is 0 Å². The summed E-state index contributed by atoms with van der Waals surface area (Å²) < 4.78 is 11.5. The van der Waals surface area contributed by atoms with Crippen molar-refractivity contribution in [1.82, 2.24) is 0 Å². The third-order valence-corrected chi connectivity index (χ3v) is 4.51. The van der Waals surface area contributed by atoms with Crippen LogP contribution in [0.1, 0.15) is 33.6 Å². The molecule has 0 radical (unpaired) electrons. The second-order valence-electron chi connectivity index (χ2n) is 7.35. The molecule has 0 aromatic heterocycles. The summed E-state index contributed by atoms with van der Waals surface area (Å²) in [4.78, 5) is 14.4. The summed E-state index contributed by atoms with van der Waals surface area (Å²) in [7, 11) is 0. The quantitative estimate of drug-likeness (QED) is 0.911. The Kier molecular flexibility index (Phi) is 4.34. The summed E-state index contributed by atoms with van der Waals surface area (Å²) in [6.45, 7) is 9.00. The number of ether oxygens (including phenoxy) is 2. The summed E-state index contributed by atoms with van der Waals surface area (Å²) in [5, 5.41) is 2.95. The Morgan fingerprint density at radius 3 is 2.17 bits per heavy atom. The Morgan fingerprint density at radius 1 is 1.09 bits per heavy atom. The summed E-state index contributed by atoms with van der Waals surface area (Å²) in [5.41, 5.74) is 1.62. The molecule has 0 atom stereocenters. The normalized spacial score (nSPS) is 20.7. The maximum Gasteiger partial charge on any atom is 0.229 e. The van der Waals surface area contributed by atoms with Gasteiger partial charge in [-0.15, -0.1) is 0 Å². The lowest BCUT2D eigenvalue weighted by atomic mass is 9.95. The van der Waals surface area contributed by atoms with Gasteiger partial charge in [0.25, 0.3) is 0 Å². The van der Waals surface area contributed by atoms with Gasteiger partial charge in [0.15, 0.2) is 5.79 Å². The average molecular weight is 318 g/mol. The molecule has 0 unspecified atom stereocenters. The lowest BCUT2D eigenvalue weighted by molar-refractivity contribution is -0.169. The molecule has 1 aromatic rings. The lowest BCUT2D eigenvalue weighted by Crippen LogP contribution is -2.45. The van der Waals surface area contributed by atoms with Crippen molar-refractivity contribution in [2.75, 3.05) is 36.5 Å². The molecule has 2 aliphatic rings. The second-order valence-corrected chi connectivity index (χ2v) is 7.35. The van der Waals surface area contributed by atoms with Crippen LogP contribution in [0.3, 0.4) is 0 Å². The van der Waals surface area contributed by atoms with E-state index in [1.807, 2.05) is 32.9 Å². The standard InChI is InChI=1S/C18H26N2O3/c1-17(2,3)16(21)19-14-4-6-15(7-5-14)20-10-8-18(9-11-20)22-12-13-23-18/h4-7H,8-13H2,1-3H3,(H,19,21). The van der Waals surface area contributed by atoms with Gasteiger partial charge in [-0.1, -0.05) is 20.8 Å². The van der Waals surface area contributed by atoms with Gasteiger partial charge in [0.1, 0.15) is 0 Å². The number of anilines is 2. The SMILES string of the molecule is CC(C)(C)C(=O)Nc1ccc(N2CCC3(CC2)OCCO3)cc1. The topological polar surface area (TPSA) is 50.8 Å². The molecule has 2 aliphatic heterocycles. The van der Waals surface area contributed by atoms with Crippen molar-refractivity contribution in [3.05, 3.63) is 24.3 Å². The van der Waals surface area contributed by atoms with E-state index in [-0.39, 0.29) is 17.1 Å². The summed E-state index contributed by atoms with van der Waals surface area (Å²) in [6, 6.07) is 8.05. The Labute approximate surface area is 137 Å². The molecule has 0 aliphatic carbocycles. The van der Waals surface area contributed by atoms with Gasteiger partial charge in [-0.05, 0) is 24.3 Å². The monoisotopic (exact) mass is 318 g/mol. The predicted octanol–water partition coefficient (Wildman–Crippen LogP) is 3.01. The number of carbonyl (C=O) groups excluding carboxylic acids is 1. The van der Waals surface area contributed by atoms with Crippen LogP contribution in [0.2, 0.25) is 0 Å². The minimum atomic E-state index is -0.388. The Morgan fingerprint density at radius 2 is 1.65 bits per heavy atom. The van der Waals surface area contributed by atoms with Gasteiger partial charge in [-0.25, -0.2) is 0 Å². The van der Waals surface area contributed by atoms with E-state index in [2.05, 4.69) is 22.3 Å². The zero-order valence-corrected chi connectivity index (χ0v) is 14.2. The first-order chi connectivity index (χ1) is 10.9. The first-order valence-electron chi connectivity index (χ1n) is 8.32. The van der Waals surface area contributed by atoms with Gasteiger partial charge in [-0.2, -0.15) is 0 Å². The van der Waals surface area contributed by atoms with E-state index < -0.39 is 0 Å². The zero-order chi connectivity index (χ0) is 16.5. The minimum absolute atomic E-state index is 0.0284.